The van der Waals surface area contributed by atoms with Crippen LogP contribution < -0.4 is 4.74 Å². The monoisotopic (exact) mass is 277 g/mol. The van der Waals surface area contributed by atoms with E-state index in [9.17, 15) is 4.79 Å². The normalized spacial score (nSPS) is 10.5. The number of carboxylic acids is 1. The Kier molecular flexibility index (Phi) is 3.85. The maximum Gasteiger partial charge on any atom is 0.335 e. The van der Waals surface area contributed by atoms with Crippen LogP contribution in [0.5, 0.6) is 5.75 Å². The highest BCUT2D eigenvalue weighted by Gasteiger charge is 2.11. The Morgan fingerprint density at radius 2 is 1.95 bits per heavy atom. The zero-order chi connectivity index (χ0) is 14.0. The minimum atomic E-state index is -0.921. The fraction of sp³-hybridized carbons (Fsp3) is 0.286. The van der Waals surface area contributed by atoms with Crippen molar-refractivity contribution in [2.45, 2.75) is 27.4 Å². The maximum absolute atomic E-state index is 11.0. The van der Waals surface area contributed by atoms with E-state index in [1.54, 1.807) is 29.7 Å². The van der Waals surface area contributed by atoms with Crippen molar-refractivity contribution in [1.82, 2.24) is 4.98 Å². The molecule has 0 bridgehead atoms. The Morgan fingerprint density at radius 1 is 1.32 bits per heavy atom. The van der Waals surface area contributed by atoms with E-state index in [2.05, 4.69) is 4.98 Å². The van der Waals surface area contributed by atoms with Crippen LogP contribution in [0.3, 0.4) is 0 Å². The zero-order valence-corrected chi connectivity index (χ0v) is 11.9. The van der Waals surface area contributed by atoms with Gasteiger partial charge in [-0.25, -0.2) is 9.78 Å². The van der Waals surface area contributed by atoms with Gasteiger partial charge in [-0.3, -0.25) is 0 Å². The van der Waals surface area contributed by atoms with Gasteiger partial charge in [0.1, 0.15) is 12.4 Å². The zero-order valence-electron chi connectivity index (χ0n) is 11.1. The average Bonchev–Trinajstić information content (AvgIpc) is 2.73. The second kappa shape index (κ2) is 5.40. The van der Waals surface area contributed by atoms with Crippen LogP contribution in [0.2, 0.25) is 0 Å². The van der Waals surface area contributed by atoms with E-state index in [4.69, 9.17) is 9.84 Å². The fourth-order valence-electron chi connectivity index (χ4n) is 1.92. The lowest BCUT2D eigenvalue weighted by Gasteiger charge is -2.12. The maximum atomic E-state index is 11.0. The van der Waals surface area contributed by atoms with Crippen molar-refractivity contribution in [2.24, 2.45) is 0 Å². The number of hydrogen-bond donors (Lipinski definition) is 1. The molecule has 0 saturated heterocycles. The van der Waals surface area contributed by atoms with Crippen molar-refractivity contribution in [2.75, 3.05) is 0 Å². The molecule has 19 heavy (non-hydrogen) atoms. The second-order valence-corrected chi connectivity index (χ2v) is 5.70. The molecule has 0 amide bonds. The average molecular weight is 277 g/mol. The molecule has 1 N–H and O–H groups in total. The van der Waals surface area contributed by atoms with Crippen molar-refractivity contribution >= 4 is 17.3 Å². The topological polar surface area (TPSA) is 59.4 Å². The van der Waals surface area contributed by atoms with Gasteiger partial charge in [-0.2, -0.15) is 0 Å². The number of carboxylic acid groups (broad SMARTS) is 1. The van der Waals surface area contributed by atoms with Crippen LogP contribution in [0, 0.1) is 20.8 Å². The lowest BCUT2D eigenvalue weighted by Crippen LogP contribution is -2.02. The summed E-state index contributed by atoms with van der Waals surface area (Å²) in [5.41, 5.74) is 1.95. The molecule has 0 radical (unpaired) electrons. The van der Waals surface area contributed by atoms with Gasteiger partial charge in [0.25, 0.3) is 0 Å². The van der Waals surface area contributed by atoms with Crippen LogP contribution in [0.15, 0.2) is 18.3 Å². The molecule has 0 saturated carbocycles. The van der Waals surface area contributed by atoms with Gasteiger partial charge in [0.05, 0.1) is 15.4 Å². The van der Waals surface area contributed by atoms with Crippen LogP contribution in [-0.2, 0) is 6.61 Å². The number of aryl methyl sites for hydroxylation is 3. The van der Waals surface area contributed by atoms with Crippen LogP contribution in [0.25, 0.3) is 0 Å². The van der Waals surface area contributed by atoms with Crippen molar-refractivity contribution in [3.63, 3.8) is 0 Å². The van der Waals surface area contributed by atoms with E-state index < -0.39 is 5.97 Å². The summed E-state index contributed by atoms with van der Waals surface area (Å²) in [4.78, 5) is 16.2. The molecule has 100 valence electrons. The first-order valence-corrected chi connectivity index (χ1v) is 6.67. The van der Waals surface area contributed by atoms with E-state index in [1.807, 2.05) is 20.8 Å². The van der Waals surface area contributed by atoms with Gasteiger partial charge >= 0.3 is 5.97 Å². The Labute approximate surface area is 115 Å². The molecule has 0 atom stereocenters. The second-order valence-electron chi connectivity index (χ2n) is 4.38. The summed E-state index contributed by atoms with van der Waals surface area (Å²) in [7, 11) is 0. The highest BCUT2D eigenvalue weighted by molar-refractivity contribution is 7.11. The van der Waals surface area contributed by atoms with Gasteiger partial charge in [-0.05, 0) is 44.0 Å². The first-order chi connectivity index (χ1) is 8.97. The van der Waals surface area contributed by atoms with Crippen molar-refractivity contribution in [1.29, 1.82) is 0 Å². The Bertz CT molecular complexity index is 596. The summed E-state index contributed by atoms with van der Waals surface area (Å²) in [5.74, 6) is -0.174. The first-order valence-electron chi connectivity index (χ1n) is 5.86. The molecule has 5 heteroatoms. The van der Waals surface area contributed by atoms with Gasteiger partial charge in [-0.15, -0.1) is 11.3 Å². The lowest BCUT2D eigenvalue weighted by atomic mass is 10.1. The molecule has 2 rings (SSSR count). The molecule has 1 aromatic carbocycles. The summed E-state index contributed by atoms with van der Waals surface area (Å²) in [6.07, 6.45) is 1.80. The Balaban J connectivity index is 2.18. The van der Waals surface area contributed by atoms with E-state index >= 15 is 0 Å². The van der Waals surface area contributed by atoms with Gasteiger partial charge in [0, 0.05) is 6.20 Å². The predicted octanol–water partition coefficient (Wildman–Crippen LogP) is 3.35. The van der Waals surface area contributed by atoms with Crippen molar-refractivity contribution in [3.8, 4) is 5.75 Å². The van der Waals surface area contributed by atoms with Crippen LogP contribution in [0.1, 0.15) is 31.4 Å². The third-order valence-corrected chi connectivity index (χ3v) is 3.62. The summed E-state index contributed by atoms with van der Waals surface area (Å²) in [6.45, 7) is 6.12. The summed E-state index contributed by atoms with van der Waals surface area (Å²) >= 11 is 1.60. The number of hydrogen-bond acceptors (Lipinski definition) is 4. The number of ether oxygens (including phenoxy) is 1. The standard InChI is InChI=1S/C14H15NO3S/c1-8-4-11(14(16)17)5-9(2)13(8)18-7-12-6-15-10(3)19-12/h4-6H,7H2,1-3H3,(H,16,17). The number of rotatable bonds is 4. The molecule has 1 aromatic heterocycles. The van der Waals surface area contributed by atoms with Crippen molar-refractivity contribution in [3.05, 3.63) is 44.9 Å². The molecule has 0 aliphatic carbocycles. The quantitative estimate of drug-likeness (QED) is 0.931. The molecule has 0 aliphatic heterocycles. The highest BCUT2D eigenvalue weighted by atomic mass is 32.1. The molecule has 0 unspecified atom stereocenters. The smallest absolute Gasteiger partial charge is 0.335 e. The lowest BCUT2D eigenvalue weighted by molar-refractivity contribution is 0.0696. The summed E-state index contributed by atoms with van der Waals surface area (Å²) in [6, 6.07) is 3.26. The van der Waals surface area contributed by atoms with Crippen molar-refractivity contribution < 1.29 is 14.6 Å². The summed E-state index contributed by atoms with van der Waals surface area (Å²) in [5, 5.41) is 10.00. The first kappa shape index (κ1) is 13.5. The number of aromatic carboxylic acids is 1. The minimum absolute atomic E-state index is 0.288. The molecule has 0 aliphatic rings. The molecule has 2 aromatic rings. The largest absolute Gasteiger partial charge is 0.487 e. The van der Waals surface area contributed by atoms with E-state index in [0.717, 1.165) is 26.8 Å². The Hall–Kier alpha value is -1.88. The molecular formula is C14H15NO3S. The van der Waals surface area contributed by atoms with E-state index in [1.165, 1.54) is 0 Å². The molecule has 0 fully saturated rings. The number of thiazole rings is 1. The van der Waals surface area contributed by atoms with Gasteiger partial charge < -0.3 is 9.84 Å². The van der Waals surface area contributed by atoms with E-state index in [0.29, 0.717) is 6.61 Å². The number of nitrogens with zero attached hydrogens (tertiary/aromatic N) is 1. The third kappa shape index (κ3) is 3.12. The molecule has 1 heterocycles. The fourth-order valence-corrected chi connectivity index (χ4v) is 2.62. The third-order valence-electron chi connectivity index (χ3n) is 2.74. The number of aromatic nitrogens is 1. The van der Waals surface area contributed by atoms with Gasteiger partial charge in [-0.1, -0.05) is 0 Å². The molecular weight excluding hydrogens is 262 g/mol. The molecule has 4 nitrogen and oxygen atoms in total. The van der Waals surface area contributed by atoms with Crippen LogP contribution in [0.4, 0.5) is 0 Å². The Morgan fingerprint density at radius 3 is 2.42 bits per heavy atom. The van der Waals surface area contributed by atoms with Gasteiger partial charge in [0.2, 0.25) is 0 Å². The predicted molar refractivity (Wildman–Crippen MR) is 74.1 cm³/mol. The van der Waals surface area contributed by atoms with Crippen LogP contribution in [-0.4, -0.2) is 16.1 Å². The number of benzene rings is 1. The van der Waals surface area contributed by atoms with Gasteiger partial charge in [0.15, 0.2) is 0 Å². The summed E-state index contributed by atoms with van der Waals surface area (Å²) < 4.78 is 5.78. The minimum Gasteiger partial charge on any atom is -0.487 e. The number of carbonyl (C=O) groups is 1. The molecule has 0 spiro atoms. The SMILES string of the molecule is Cc1ncc(COc2c(C)cc(C(=O)O)cc2C)s1. The highest BCUT2D eigenvalue weighted by Crippen LogP contribution is 2.26. The van der Waals surface area contributed by atoms with E-state index in [-0.39, 0.29) is 5.56 Å². The van der Waals surface area contributed by atoms with Crippen LogP contribution >= 0.6 is 11.3 Å².